The number of pyridine rings is 1. The lowest BCUT2D eigenvalue weighted by atomic mass is 9.90. The molecule has 2 nitrogen and oxygen atoms in total. The van der Waals surface area contributed by atoms with Gasteiger partial charge in [-0.1, -0.05) is 30.6 Å². The molecule has 15 heavy (non-hydrogen) atoms. The summed E-state index contributed by atoms with van der Waals surface area (Å²) in [6.45, 7) is 0. The molecule has 0 spiro atoms. The fourth-order valence-corrected chi connectivity index (χ4v) is 3.39. The molecule has 3 rings (SSSR count). The van der Waals surface area contributed by atoms with Crippen LogP contribution in [0.2, 0.25) is 0 Å². The van der Waals surface area contributed by atoms with E-state index >= 15 is 0 Å². The number of aromatic nitrogens is 2. The van der Waals surface area contributed by atoms with Crippen molar-refractivity contribution >= 4 is 21.7 Å². The number of nitrogens with zero attached hydrogens (tertiary/aromatic N) is 2. The highest BCUT2D eigenvalue weighted by atomic mass is 32.1. The van der Waals surface area contributed by atoms with E-state index in [0.717, 1.165) is 10.3 Å². The van der Waals surface area contributed by atoms with Gasteiger partial charge in [0.15, 0.2) is 0 Å². The second-order valence-corrected chi connectivity index (χ2v) is 5.22. The van der Waals surface area contributed by atoms with E-state index in [2.05, 4.69) is 11.1 Å². The quantitative estimate of drug-likeness (QED) is 0.728. The summed E-state index contributed by atoms with van der Waals surface area (Å²) >= 11 is 1.78. The third-order valence-corrected chi connectivity index (χ3v) is 4.28. The molecule has 2 heterocycles. The molecule has 0 aromatic carbocycles. The Morgan fingerprint density at radius 3 is 2.87 bits per heavy atom. The van der Waals surface area contributed by atoms with Crippen LogP contribution in [0.3, 0.4) is 0 Å². The maximum absolute atomic E-state index is 4.69. The lowest BCUT2D eigenvalue weighted by molar-refractivity contribution is 0.443. The molecule has 0 aliphatic heterocycles. The van der Waals surface area contributed by atoms with E-state index in [-0.39, 0.29) is 0 Å². The zero-order valence-electron chi connectivity index (χ0n) is 8.65. The molecule has 2 aromatic heterocycles. The van der Waals surface area contributed by atoms with Gasteiger partial charge in [0.1, 0.15) is 10.3 Å². The summed E-state index contributed by atoms with van der Waals surface area (Å²) in [6, 6.07) is 4.03. The minimum absolute atomic E-state index is 0.706. The van der Waals surface area contributed by atoms with Crippen LogP contribution in [0.1, 0.15) is 43.0 Å². The molecule has 1 saturated carbocycles. The lowest BCUT2D eigenvalue weighted by Crippen LogP contribution is -2.03. The summed E-state index contributed by atoms with van der Waals surface area (Å²) in [5.74, 6) is 0.706. The third kappa shape index (κ3) is 1.76. The monoisotopic (exact) mass is 218 g/mol. The van der Waals surface area contributed by atoms with Crippen LogP contribution in [0.15, 0.2) is 18.3 Å². The van der Waals surface area contributed by atoms with Crippen molar-refractivity contribution in [2.45, 2.75) is 38.0 Å². The van der Waals surface area contributed by atoms with Crippen LogP contribution in [0.25, 0.3) is 10.3 Å². The second-order valence-electron chi connectivity index (χ2n) is 4.21. The van der Waals surface area contributed by atoms with Gasteiger partial charge in [0.2, 0.25) is 0 Å². The first-order valence-electron chi connectivity index (χ1n) is 5.65. The van der Waals surface area contributed by atoms with Crippen molar-refractivity contribution in [1.82, 2.24) is 9.97 Å². The van der Waals surface area contributed by atoms with Gasteiger partial charge in [0.25, 0.3) is 0 Å². The summed E-state index contributed by atoms with van der Waals surface area (Å²) in [7, 11) is 0. The van der Waals surface area contributed by atoms with Crippen LogP contribution >= 0.6 is 11.3 Å². The molecule has 1 aliphatic carbocycles. The van der Waals surface area contributed by atoms with Crippen molar-refractivity contribution in [3.63, 3.8) is 0 Å². The molecule has 0 radical (unpaired) electrons. The van der Waals surface area contributed by atoms with Gasteiger partial charge >= 0.3 is 0 Å². The number of hydrogen-bond acceptors (Lipinski definition) is 3. The zero-order valence-corrected chi connectivity index (χ0v) is 9.46. The van der Waals surface area contributed by atoms with Crippen molar-refractivity contribution in [2.75, 3.05) is 0 Å². The Morgan fingerprint density at radius 2 is 2.07 bits per heavy atom. The van der Waals surface area contributed by atoms with Gasteiger partial charge in [-0.05, 0) is 25.0 Å². The first kappa shape index (κ1) is 9.28. The Labute approximate surface area is 93.4 Å². The van der Waals surface area contributed by atoms with Crippen LogP contribution in [0.5, 0.6) is 0 Å². The van der Waals surface area contributed by atoms with Crippen molar-refractivity contribution in [2.24, 2.45) is 0 Å². The SMILES string of the molecule is c1cnc2sc(C3CCCCC3)nc2c1. The molecule has 0 amide bonds. The second kappa shape index (κ2) is 3.89. The van der Waals surface area contributed by atoms with Crippen LogP contribution in [0.4, 0.5) is 0 Å². The Bertz CT molecular complexity index is 424. The first-order valence-corrected chi connectivity index (χ1v) is 6.46. The van der Waals surface area contributed by atoms with Crippen LogP contribution < -0.4 is 0 Å². The highest BCUT2D eigenvalue weighted by Crippen LogP contribution is 2.35. The number of thiazole rings is 1. The predicted molar refractivity (Wildman–Crippen MR) is 63.2 cm³/mol. The summed E-state index contributed by atoms with van der Waals surface area (Å²) < 4.78 is 0. The summed E-state index contributed by atoms with van der Waals surface area (Å²) in [6.07, 6.45) is 8.63. The third-order valence-electron chi connectivity index (χ3n) is 3.14. The molecule has 78 valence electrons. The average molecular weight is 218 g/mol. The topological polar surface area (TPSA) is 25.8 Å². The molecule has 1 fully saturated rings. The van der Waals surface area contributed by atoms with Gasteiger partial charge < -0.3 is 0 Å². The number of hydrogen-bond donors (Lipinski definition) is 0. The Kier molecular flexibility index (Phi) is 2.41. The van der Waals surface area contributed by atoms with Gasteiger partial charge in [-0.3, -0.25) is 0 Å². The van der Waals surface area contributed by atoms with E-state index < -0.39 is 0 Å². The van der Waals surface area contributed by atoms with E-state index in [1.165, 1.54) is 37.1 Å². The van der Waals surface area contributed by atoms with Gasteiger partial charge in [-0.25, -0.2) is 9.97 Å². The number of fused-ring (bicyclic) bond motifs is 1. The zero-order chi connectivity index (χ0) is 10.1. The van der Waals surface area contributed by atoms with Crippen molar-refractivity contribution < 1.29 is 0 Å². The minimum atomic E-state index is 0.706. The Morgan fingerprint density at radius 1 is 1.20 bits per heavy atom. The molecule has 0 unspecified atom stereocenters. The fourth-order valence-electron chi connectivity index (χ4n) is 2.31. The molecule has 3 heteroatoms. The molecular formula is C12H14N2S. The summed E-state index contributed by atoms with van der Waals surface area (Å²) in [4.78, 5) is 10.1. The predicted octanol–water partition coefficient (Wildman–Crippen LogP) is 3.74. The molecule has 0 N–H and O–H groups in total. The minimum Gasteiger partial charge on any atom is -0.244 e. The molecule has 0 atom stereocenters. The smallest absolute Gasteiger partial charge is 0.143 e. The van der Waals surface area contributed by atoms with E-state index in [1.54, 1.807) is 11.3 Å². The summed E-state index contributed by atoms with van der Waals surface area (Å²) in [5, 5.41) is 1.31. The van der Waals surface area contributed by atoms with Crippen LogP contribution in [-0.4, -0.2) is 9.97 Å². The highest BCUT2D eigenvalue weighted by Gasteiger charge is 2.19. The van der Waals surface area contributed by atoms with Crippen LogP contribution in [0, 0.1) is 0 Å². The van der Waals surface area contributed by atoms with Crippen molar-refractivity contribution in [1.29, 1.82) is 0 Å². The maximum atomic E-state index is 4.69. The first-order chi connectivity index (χ1) is 7.43. The largest absolute Gasteiger partial charge is 0.244 e. The molecule has 0 saturated heterocycles. The highest BCUT2D eigenvalue weighted by molar-refractivity contribution is 7.18. The van der Waals surface area contributed by atoms with Crippen LogP contribution in [-0.2, 0) is 0 Å². The van der Waals surface area contributed by atoms with Gasteiger partial charge in [0.05, 0.1) is 5.01 Å². The van der Waals surface area contributed by atoms with Crippen molar-refractivity contribution in [3.05, 3.63) is 23.3 Å². The van der Waals surface area contributed by atoms with Crippen molar-refractivity contribution in [3.8, 4) is 0 Å². The maximum Gasteiger partial charge on any atom is 0.143 e. The van der Waals surface area contributed by atoms with Gasteiger partial charge in [-0.2, -0.15) is 0 Å². The normalized spacial score (nSPS) is 18.4. The Hall–Kier alpha value is -0.960. The van der Waals surface area contributed by atoms with Gasteiger partial charge in [0, 0.05) is 12.1 Å². The molecule has 2 aromatic rings. The van der Waals surface area contributed by atoms with E-state index in [9.17, 15) is 0 Å². The van der Waals surface area contributed by atoms with Gasteiger partial charge in [-0.15, -0.1) is 0 Å². The number of rotatable bonds is 1. The summed E-state index contributed by atoms with van der Waals surface area (Å²) in [5.41, 5.74) is 1.07. The molecular weight excluding hydrogens is 204 g/mol. The fraction of sp³-hybridized carbons (Fsp3) is 0.500. The standard InChI is InChI=1S/C12H14N2S/c1-2-5-9(6-3-1)11-14-10-7-4-8-13-12(10)15-11/h4,7-9H,1-3,5-6H2. The van der Waals surface area contributed by atoms with E-state index in [0.29, 0.717) is 5.92 Å². The van der Waals surface area contributed by atoms with E-state index in [1.807, 2.05) is 12.3 Å². The van der Waals surface area contributed by atoms with E-state index in [4.69, 9.17) is 4.98 Å². The Balaban J connectivity index is 1.96. The average Bonchev–Trinajstić information content (AvgIpc) is 2.74. The lowest BCUT2D eigenvalue weighted by Gasteiger charge is -2.18. The molecule has 0 bridgehead atoms. The molecule has 1 aliphatic rings.